The molecule has 5 heteroatoms. The summed E-state index contributed by atoms with van der Waals surface area (Å²) in [6, 6.07) is 13.0. The van der Waals surface area contributed by atoms with Crippen LogP contribution in [0.15, 0.2) is 42.5 Å². The molecule has 1 aromatic heterocycles. The second kappa shape index (κ2) is 5.88. The van der Waals surface area contributed by atoms with Crippen LogP contribution in [0.2, 0.25) is 0 Å². The van der Waals surface area contributed by atoms with Crippen molar-refractivity contribution in [3.8, 4) is 11.5 Å². The lowest BCUT2D eigenvalue weighted by atomic mass is 10.3. The van der Waals surface area contributed by atoms with Crippen molar-refractivity contribution in [3.63, 3.8) is 0 Å². The molecule has 5 nitrogen and oxygen atoms in total. The van der Waals surface area contributed by atoms with Crippen LogP contribution in [0.1, 0.15) is 5.69 Å². The zero-order valence-corrected chi connectivity index (χ0v) is 10.1. The van der Waals surface area contributed by atoms with Gasteiger partial charge in [0.15, 0.2) is 11.5 Å². The number of hydrazine groups is 1. The maximum absolute atomic E-state index is 5.66. The number of para-hydroxylation sites is 2. The molecular formula is C13H15N3O2. The van der Waals surface area contributed by atoms with Gasteiger partial charge in [-0.15, -0.1) is 0 Å². The number of nitrogens with two attached hydrogens (primary N) is 1. The van der Waals surface area contributed by atoms with E-state index in [1.165, 1.54) is 0 Å². The Morgan fingerprint density at radius 3 is 2.61 bits per heavy atom. The highest BCUT2D eigenvalue weighted by Gasteiger charge is 2.03. The van der Waals surface area contributed by atoms with Crippen LogP contribution in [0.3, 0.4) is 0 Å². The third kappa shape index (κ3) is 2.89. The molecule has 0 atom stereocenters. The van der Waals surface area contributed by atoms with Crippen LogP contribution in [0.5, 0.6) is 11.5 Å². The van der Waals surface area contributed by atoms with E-state index in [0.29, 0.717) is 23.9 Å². The fourth-order valence-corrected chi connectivity index (χ4v) is 1.53. The van der Waals surface area contributed by atoms with Crippen LogP contribution in [-0.4, -0.2) is 12.1 Å². The predicted octanol–water partition coefficient (Wildman–Crippen LogP) is 1.95. The monoisotopic (exact) mass is 245 g/mol. The van der Waals surface area contributed by atoms with Gasteiger partial charge in [0.25, 0.3) is 0 Å². The van der Waals surface area contributed by atoms with E-state index in [1.807, 2.05) is 36.4 Å². The Morgan fingerprint density at radius 1 is 1.11 bits per heavy atom. The highest BCUT2D eigenvalue weighted by molar-refractivity contribution is 5.39. The van der Waals surface area contributed by atoms with Gasteiger partial charge in [0.05, 0.1) is 12.8 Å². The normalized spacial score (nSPS) is 9.89. The van der Waals surface area contributed by atoms with Crippen molar-refractivity contribution < 1.29 is 9.47 Å². The molecule has 0 unspecified atom stereocenters. The lowest BCUT2D eigenvalue weighted by Crippen LogP contribution is -2.09. The maximum atomic E-state index is 5.66. The molecule has 1 heterocycles. The average Bonchev–Trinajstić information content (AvgIpc) is 2.45. The number of aromatic nitrogens is 1. The number of nitrogens with one attached hydrogen (secondary N) is 1. The van der Waals surface area contributed by atoms with Gasteiger partial charge in [0.2, 0.25) is 0 Å². The third-order valence-electron chi connectivity index (χ3n) is 2.40. The Bertz CT molecular complexity index is 517. The first-order chi connectivity index (χ1) is 8.83. The highest BCUT2D eigenvalue weighted by Crippen LogP contribution is 2.26. The lowest BCUT2D eigenvalue weighted by Gasteiger charge is -2.10. The second-order valence-corrected chi connectivity index (χ2v) is 3.60. The molecule has 2 aromatic rings. The summed E-state index contributed by atoms with van der Waals surface area (Å²) in [5.41, 5.74) is 3.29. The van der Waals surface area contributed by atoms with Crippen molar-refractivity contribution in [2.24, 2.45) is 5.84 Å². The average molecular weight is 245 g/mol. The standard InChI is InChI=1S/C13H15N3O2/c1-17-11-6-2-3-7-12(11)18-9-10-5-4-8-13(15-10)16-14/h2-8H,9,14H2,1H3,(H,15,16). The van der Waals surface area contributed by atoms with Crippen LogP contribution in [0, 0.1) is 0 Å². The van der Waals surface area contributed by atoms with Crippen molar-refractivity contribution in [2.75, 3.05) is 12.5 Å². The number of anilines is 1. The van der Waals surface area contributed by atoms with Crippen molar-refractivity contribution >= 4 is 5.82 Å². The van der Waals surface area contributed by atoms with Gasteiger partial charge in [0.1, 0.15) is 12.4 Å². The number of hydrogen-bond donors (Lipinski definition) is 2. The summed E-state index contributed by atoms with van der Waals surface area (Å²) in [7, 11) is 1.61. The highest BCUT2D eigenvalue weighted by atomic mass is 16.5. The minimum atomic E-state index is 0.357. The van der Waals surface area contributed by atoms with Crippen molar-refractivity contribution in [2.45, 2.75) is 6.61 Å². The minimum Gasteiger partial charge on any atom is -0.493 e. The van der Waals surface area contributed by atoms with Crippen LogP contribution < -0.4 is 20.7 Å². The number of rotatable bonds is 5. The van der Waals surface area contributed by atoms with Gasteiger partial charge in [-0.2, -0.15) is 0 Å². The molecule has 1 aromatic carbocycles. The quantitative estimate of drug-likeness (QED) is 0.622. The van der Waals surface area contributed by atoms with E-state index in [1.54, 1.807) is 13.2 Å². The second-order valence-electron chi connectivity index (χ2n) is 3.60. The van der Waals surface area contributed by atoms with Crippen molar-refractivity contribution in [3.05, 3.63) is 48.2 Å². The zero-order chi connectivity index (χ0) is 12.8. The van der Waals surface area contributed by atoms with E-state index in [4.69, 9.17) is 15.3 Å². The zero-order valence-electron chi connectivity index (χ0n) is 10.1. The van der Waals surface area contributed by atoms with Gasteiger partial charge in [-0.1, -0.05) is 18.2 Å². The third-order valence-corrected chi connectivity index (χ3v) is 2.40. The Balaban J connectivity index is 2.06. The van der Waals surface area contributed by atoms with Gasteiger partial charge in [0, 0.05) is 0 Å². The fraction of sp³-hybridized carbons (Fsp3) is 0.154. The van der Waals surface area contributed by atoms with Gasteiger partial charge < -0.3 is 14.9 Å². The fourth-order valence-electron chi connectivity index (χ4n) is 1.53. The molecule has 94 valence electrons. The number of ether oxygens (including phenoxy) is 2. The molecule has 0 fully saturated rings. The van der Waals surface area contributed by atoms with E-state index < -0.39 is 0 Å². The number of methoxy groups -OCH3 is 1. The molecule has 0 spiro atoms. The molecule has 18 heavy (non-hydrogen) atoms. The topological polar surface area (TPSA) is 69.4 Å². The molecule has 0 aliphatic heterocycles. The molecule has 0 amide bonds. The van der Waals surface area contributed by atoms with Gasteiger partial charge in [-0.3, -0.25) is 0 Å². The molecule has 0 aliphatic rings. The Kier molecular flexibility index (Phi) is 3.98. The first kappa shape index (κ1) is 12.2. The molecule has 0 saturated heterocycles. The largest absolute Gasteiger partial charge is 0.493 e. The van der Waals surface area contributed by atoms with E-state index in [2.05, 4.69) is 10.4 Å². The van der Waals surface area contributed by atoms with Crippen LogP contribution in [-0.2, 0) is 6.61 Å². The molecule has 2 rings (SSSR count). The summed E-state index contributed by atoms with van der Waals surface area (Å²) in [5.74, 6) is 7.29. The Morgan fingerprint density at radius 2 is 1.89 bits per heavy atom. The molecule has 0 aliphatic carbocycles. The SMILES string of the molecule is COc1ccccc1OCc1cccc(NN)n1. The summed E-state index contributed by atoms with van der Waals surface area (Å²) in [6.45, 7) is 0.357. The molecule has 3 N–H and O–H groups in total. The maximum Gasteiger partial charge on any atom is 0.161 e. The van der Waals surface area contributed by atoms with Crippen molar-refractivity contribution in [1.29, 1.82) is 0 Å². The number of nitrogens with zero attached hydrogens (tertiary/aromatic N) is 1. The van der Waals surface area contributed by atoms with Crippen LogP contribution in [0.25, 0.3) is 0 Å². The summed E-state index contributed by atoms with van der Waals surface area (Å²) in [5, 5.41) is 0. The van der Waals surface area contributed by atoms with E-state index in [9.17, 15) is 0 Å². The van der Waals surface area contributed by atoms with Gasteiger partial charge >= 0.3 is 0 Å². The predicted molar refractivity (Wildman–Crippen MR) is 69.4 cm³/mol. The van der Waals surface area contributed by atoms with Crippen LogP contribution in [0.4, 0.5) is 5.82 Å². The van der Waals surface area contributed by atoms with E-state index in [0.717, 1.165) is 5.69 Å². The molecule has 0 saturated carbocycles. The summed E-state index contributed by atoms with van der Waals surface area (Å²) < 4.78 is 10.9. The summed E-state index contributed by atoms with van der Waals surface area (Å²) >= 11 is 0. The van der Waals surface area contributed by atoms with Crippen LogP contribution >= 0.6 is 0 Å². The molecular weight excluding hydrogens is 230 g/mol. The lowest BCUT2D eigenvalue weighted by molar-refractivity contribution is 0.281. The molecule has 0 radical (unpaired) electrons. The Hall–Kier alpha value is -2.27. The van der Waals surface area contributed by atoms with Gasteiger partial charge in [-0.05, 0) is 24.3 Å². The Labute approximate surface area is 106 Å². The minimum absolute atomic E-state index is 0.357. The van der Waals surface area contributed by atoms with Gasteiger partial charge in [-0.25, -0.2) is 10.8 Å². The van der Waals surface area contributed by atoms with E-state index >= 15 is 0 Å². The first-order valence-corrected chi connectivity index (χ1v) is 5.52. The number of pyridine rings is 1. The summed E-state index contributed by atoms with van der Waals surface area (Å²) in [6.07, 6.45) is 0. The summed E-state index contributed by atoms with van der Waals surface area (Å²) in [4.78, 5) is 4.26. The van der Waals surface area contributed by atoms with E-state index in [-0.39, 0.29) is 0 Å². The smallest absolute Gasteiger partial charge is 0.161 e. The van der Waals surface area contributed by atoms with Crippen molar-refractivity contribution in [1.82, 2.24) is 4.98 Å². The molecule has 0 bridgehead atoms. The first-order valence-electron chi connectivity index (χ1n) is 5.52. The number of hydrogen-bond acceptors (Lipinski definition) is 5. The number of benzene rings is 1. The number of nitrogen functional groups attached to an aromatic ring is 1.